The summed E-state index contributed by atoms with van der Waals surface area (Å²) in [5.74, 6) is -0.332. The van der Waals surface area contributed by atoms with Gasteiger partial charge >= 0.3 is 5.69 Å². The van der Waals surface area contributed by atoms with Crippen molar-refractivity contribution in [1.82, 2.24) is 15.3 Å². The summed E-state index contributed by atoms with van der Waals surface area (Å²) in [6.45, 7) is 0. The zero-order valence-electron chi connectivity index (χ0n) is 11.2. The Labute approximate surface area is 125 Å². The monoisotopic (exact) mass is 305 g/mol. The van der Waals surface area contributed by atoms with Crippen LogP contribution in [0.4, 0.5) is 4.39 Å². The van der Waals surface area contributed by atoms with Crippen LogP contribution in [0.5, 0.6) is 0 Å². The molecule has 0 aliphatic heterocycles. The molecule has 1 heterocycles. The second kappa shape index (κ2) is 5.35. The van der Waals surface area contributed by atoms with E-state index in [0.29, 0.717) is 21.6 Å². The minimum Gasteiger partial charge on any atom is -0.309 e. The standard InChI is InChI=1S/C15H13ClFN3O/c1-18-14(10-7-9(16)3-4-11(10)17)8-2-5-12-13(6-8)20-15(21)19-12/h2-7,14,18H,1H3,(H2,19,20,21). The number of nitrogens with one attached hydrogen (secondary N) is 3. The maximum absolute atomic E-state index is 14.0. The Kier molecular flexibility index (Phi) is 3.53. The summed E-state index contributed by atoms with van der Waals surface area (Å²) < 4.78 is 14.0. The number of fused-ring (bicyclic) bond motifs is 1. The van der Waals surface area contributed by atoms with Crippen molar-refractivity contribution in [2.75, 3.05) is 7.05 Å². The van der Waals surface area contributed by atoms with E-state index in [4.69, 9.17) is 11.6 Å². The fourth-order valence-corrected chi connectivity index (χ4v) is 2.65. The molecule has 0 bridgehead atoms. The van der Waals surface area contributed by atoms with Gasteiger partial charge < -0.3 is 15.3 Å². The highest BCUT2D eigenvalue weighted by atomic mass is 35.5. The molecule has 0 saturated carbocycles. The van der Waals surface area contributed by atoms with E-state index >= 15 is 0 Å². The molecular formula is C15H13ClFN3O. The highest BCUT2D eigenvalue weighted by Crippen LogP contribution is 2.27. The van der Waals surface area contributed by atoms with Crippen LogP contribution in [0.2, 0.25) is 5.02 Å². The Balaban J connectivity index is 2.12. The van der Waals surface area contributed by atoms with Crippen LogP contribution in [0.15, 0.2) is 41.2 Å². The smallest absolute Gasteiger partial charge is 0.309 e. The van der Waals surface area contributed by atoms with Gasteiger partial charge in [0.05, 0.1) is 17.1 Å². The third-order valence-electron chi connectivity index (χ3n) is 3.43. The Morgan fingerprint density at radius 3 is 2.67 bits per heavy atom. The van der Waals surface area contributed by atoms with Crippen LogP contribution in [0.3, 0.4) is 0 Å². The molecule has 1 atom stereocenters. The number of rotatable bonds is 3. The first-order valence-electron chi connectivity index (χ1n) is 6.42. The van der Waals surface area contributed by atoms with E-state index in [9.17, 15) is 9.18 Å². The molecule has 0 spiro atoms. The quantitative estimate of drug-likeness (QED) is 0.697. The van der Waals surface area contributed by atoms with Gasteiger partial charge in [-0.1, -0.05) is 17.7 Å². The third-order valence-corrected chi connectivity index (χ3v) is 3.67. The summed E-state index contributed by atoms with van der Waals surface area (Å²) in [4.78, 5) is 16.7. The molecule has 6 heteroatoms. The van der Waals surface area contributed by atoms with Crippen LogP contribution in [-0.4, -0.2) is 17.0 Å². The molecule has 3 aromatic rings. The minimum absolute atomic E-state index is 0.267. The van der Waals surface area contributed by atoms with Gasteiger partial charge in [0.2, 0.25) is 0 Å². The second-order valence-electron chi connectivity index (χ2n) is 4.77. The van der Waals surface area contributed by atoms with Crippen LogP contribution >= 0.6 is 11.6 Å². The van der Waals surface area contributed by atoms with Crippen molar-refractivity contribution in [1.29, 1.82) is 0 Å². The van der Waals surface area contributed by atoms with E-state index in [1.165, 1.54) is 12.1 Å². The van der Waals surface area contributed by atoms with E-state index in [-0.39, 0.29) is 17.5 Å². The summed E-state index contributed by atoms with van der Waals surface area (Å²) in [5.41, 5.74) is 2.42. The number of hydrogen-bond donors (Lipinski definition) is 3. The van der Waals surface area contributed by atoms with Crippen LogP contribution in [-0.2, 0) is 0 Å². The van der Waals surface area contributed by atoms with Crippen molar-refractivity contribution in [2.45, 2.75) is 6.04 Å². The molecule has 3 N–H and O–H groups in total. The Hall–Kier alpha value is -2.11. The SMILES string of the molecule is CNC(c1ccc2[nH]c(=O)[nH]c2c1)c1cc(Cl)ccc1F. The highest BCUT2D eigenvalue weighted by Gasteiger charge is 2.17. The minimum atomic E-state index is -0.355. The van der Waals surface area contributed by atoms with Gasteiger partial charge in [0.1, 0.15) is 5.82 Å². The first kappa shape index (κ1) is 13.9. The van der Waals surface area contributed by atoms with E-state index in [1.54, 1.807) is 19.2 Å². The Bertz CT molecular complexity index is 855. The van der Waals surface area contributed by atoms with Crippen LogP contribution in [0, 0.1) is 5.82 Å². The topological polar surface area (TPSA) is 60.7 Å². The van der Waals surface area contributed by atoms with E-state index in [0.717, 1.165) is 5.56 Å². The van der Waals surface area contributed by atoms with Crippen LogP contribution in [0.1, 0.15) is 17.2 Å². The van der Waals surface area contributed by atoms with Crippen molar-refractivity contribution in [3.05, 3.63) is 68.8 Å². The van der Waals surface area contributed by atoms with E-state index < -0.39 is 0 Å². The summed E-state index contributed by atoms with van der Waals surface area (Å²) in [5, 5.41) is 3.55. The van der Waals surface area contributed by atoms with Gasteiger partial charge in [0, 0.05) is 10.6 Å². The Morgan fingerprint density at radius 1 is 1.14 bits per heavy atom. The summed E-state index contributed by atoms with van der Waals surface area (Å²) in [6.07, 6.45) is 0. The molecule has 0 aliphatic rings. The van der Waals surface area contributed by atoms with Crippen molar-refractivity contribution >= 4 is 22.6 Å². The number of aromatic amines is 2. The number of imidazole rings is 1. The maximum Gasteiger partial charge on any atom is 0.323 e. The van der Waals surface area contributed by atoms with E-state index in [1.807, 2.05) is 12.1 Å². The second-order valence-corrected chi connectivity index (χ2v) is 5.21. The number of hydrogen-bond acceptors (Lipinski definition) is 2. The van der Waals surface area contributed by atoms with Gasteiger partial charge in [-0.3, -0.25) is 0 Å². The van der Waals surface area contributed by atoms with Gasteiger partial charge in [-0.15, -0.1) is 0 Å². The van der Waals surface area contributed by atoms with Gasteiger partial charge in [-0.2, -0.15) is 0 Å². The van der Waals surface area contributed by atoms with Gasteiger partial charge in [-0.05, 0) is 42.9 Å². The first-order chi connectivity index (χ1) is 10.1. The maximum atomic E-state index is 14.0. The van der Waals surface area contributed by atoms with Crippen molar-refractivity contribution in [2.24, 2.45) is 0 Å². The number of H-pyrrole nitrogens is 2. The van der Waals surface area contributed by atoms with Crippen LogP contribution in [0.25, 0.3) is 11.0 Å². The molecule has 108 valence electrons. The van der Waals surface area contributed by atoms with Gasteiger partial charge in [-0.25, -0.2) is 9.18 Å². The molecule has 4 nitrogen and oxygen atoms in total. The predicted octanol–water partition coefficient (Wildman–Crippen LogP) is 2.96. The average Bonchev–Trinajstić information content (AvgIpc) is 2.83. The molecule has 0 amide bonds. The fourth-order valence-electron chi connectivity index (χ4n) is 2.47. The van der Waals surface area contributed by atoms with Gasteiger partial charge in [0.15, 0.2) is 0 Å². The molecule has 1 aromatic heterocycles. The summed E-state index contributed by atoms with van der Waals surface area (Å²) in [6, 6.07) is 9.55. The first-order valence-corrected chi connectivity index (χ1v) is 6.80. The third kappa shape index (κ3) is 2.57. The molecule has 0 aliphatic carbocycles. The molecule has 1 unspecified atom stereocenters. The molecular weight excluding hydrogens is 293 g/mol. The largest absolute Gasteiger partial charge is 0.323 e. The number of halogens is 2. The lowest BCUT2D eigenvalue weighted by Crippen LogP contribution is -2.19. The molecule has 3 rings (SSSR count). The van der Waals surface area contributed by atoms with E-state index in [2.05, 4.69) is 15.3 Å². The zero-order valence-corrected chi connectivity index (χ0v) is 12.0. The van der Waals surface area contributed by atoms with Crippen molar-refractivity contribution in [3.8, 4) is 0 Å². The average molecular weight is 306 g/mol. The predicted molar refractivity (Wildman–Crippen MR) is 81.2 cm³/mol. The summed E-state index contributed by atoms with van der Waals surface area (Å²) in [7, 11) is 1.75. The lowest BCUT2D eigenvalue weighted by atomic mass is 9.98. The zero-order chi connectivity index (χ0) is 15.0. The lowest BCUT2D eigenvalue weighted by Gasteiger charge is -2.18. The molecule has 0 saturated heterocycles. The van der Waals surface area contributed by atoms with Gasteiger partial charge in [0.25, 0.3) is 0 Å². The molecule has 21 heavy (non-hydrogen) atoms. The van der Waals surface area contributed by atoms with Crippen molar-refractivity contribution in [3.63, 3.8) is 0 Å². The Morgan fingerprint density at radius 2 is 1.90 bits per heavy atom. The molecule has 0 fully saturated rings. The fraction of sp³-hybridized carbons (Fsp3) is 0.133. The molecule has 0 radical (unpaired) electrons. The lowest BCUT2D eigenvalue weighted by molar-refractivity contribution is 0.576. The number of benzene rings is 2. The highest BCUT2D eigenvalue weighted by molar-refractivity contribution is 6.30. The summed E-state index contributed by atoms with van der Waals surface area (Å²) >= 11 is 5.96. The van der Waals surface area contributed by atoms with Crippen LogP contribution < -0.4 is 11.0 Å². The normalized spacial score (nSPS) is 12.7. The number of aromatic nitrogens is 2. The van der Waals surface area contributed by atoms with Crippen molar-refractivity contribution < 1.29 is 4.39 Å². The molecule has 2 aromatic carbocycles.